The minimum absolute atomic E-state index is 0.00311. The molecule has 2 aliphatic rings. The van der Waals surface area contributed by atoms with E-state index in [1.54, 1.807) is 58.4 Å². The number of hydrogen-bond acceptors (Lipinski definition) is 9. The molecule has 8 rings (SSSR count). The minimum Gasteiger partial charge on any atom is -0.481 e. The summed E-state index contributed by atoms with van der Waals surface area (Å²) in [7, 11) is 0. The predicted molar refractivity (Wildman–Crippen MR) is 174 cm³/mol. The molecular formula is C34H32N10O3. The van der Waals surface area contributed by atoms with Crippen LogP contribution in [0.5, 0.6) is 0 Å². The van der Waals surface area contributed by atoms with E-state index in [0.717, 1.165) is 36.8 Å². The van der Waals surface area contributed by atoms with Crippen LogP contribution in [0.4, 0.5) is 11.6 Å². The summed E-state index contributed by atoms with van der Waals surface area (Å²) in [6.07, 6.45) is 13.1. The average molecular weight is 629 g/mol. The number of amides is 1. The van der Waals surface area contributed by atoms with Crippen LogP contribution in [0, 0.1) is 0 Å². The molecule has 6 aromatic rings. The number of carbonyl (C=O) groups is 2. The van der Waals surface area contributed by atoms with Gasteiger partial charge in [-0.2, -0.15) is 0 Å². The van der Waals surface area contributed by atoms with Gasteiger partial charge in [-0.15, -0.1) is 10.2 Å². The number of nitrogens with zero attached hydrogens (tertiary/aromatic N) is 8. The standard InChI is InChI=1S/C17H15N5O.C10H10O2.C7H7N5/c23-16(17(8-9-17)13-4-2-1-3-5-13)20-14-7-11-22(21-14)15-6-10-18-12-19-15;11-9(12)10(6-7-10)8-4-2-1-3-5-8;8-6-2-4-12(11-6)7-1-3-9-5-10-7/h1-7,10-12H,8-9H2,(H,20,21,23);1-5H,6-7H2,(H,11,12);1-5H,(H2,8,11). The minimum atomic E-state index is -0.686. The molecule has 4 heterocycles. The summed E-state index contributed by atoms with van der Waals surface area (Å²) in [5.41, 5.74) is 6.50. The lowest BCUT2D eigenvalue weighted by molar-refractivity contribution is -0.140. The van der Waals surface area contributed by atoms with Crippen LogP contribution < -0.4 is 11.1 Å². The second kappa shape index (κ2) is 13.4. The Bertz CT molecular complexity index is 1920. The molecule has 0 bridgehead atoms. The van der Waals surface area contributed by atoms with Crippen molar-refractivity contribution in [3.05, 3.63) is 133 Å². The van der Waals surface area contributed by atoms with Crippen molar-refractivity contribution in [1.29, 1.82) is 0 Å². The zero-order valence-electron chi connectivity index (χ0n) is 25.3. The second-order valence-corrected chi connectivity index (χ2v) is 11.1. The Labute approximate surface area is 270 Å². The lowest BCUT2D eigenvalue weighted by Crippen LogP contribution is -2.28. The molecule has 1 amide bonds. The zero-order valence-corrected chi connectivity index (χ0v) is 25.3. The third kappa shape index (κ3) is 7.04. The first-order chi connectivity index (χ1) is 22.9. The molecule has 2 aromatic carbocycles. The maximum Gasteiger partial charge on any atom is 0.314 e. The van der Waals surface area contributed by atoms with Crippen molar-refractivity contribution in [2.24, 2.45) is 0 Å². The number of rotatable bonds is 7. The van der Waals surface area contributed by atoms with Crippen molar-refractivity contribution in [1.82, 2.24) is 39.5 Å². The van der Waals surface area contributed by atoms with Gasteiger partial charge in [-0.05, 0) is 36.8 Å². The molecule has 0 atom stereocenters. The number of carbonyl (C=O) groups excluding carboxylic acids is 1. The van der Waals surface area contributed by atoms with Crippen LogP contribution in [0.15, 0.2) is 122 Å². The van der Waals surface area contributed by atoms with E-state index < -0.39 is 16.8 Å². The molecule has 2 saturated carbocycles. The number of aliphatic carboxylic acids is 1. The van der Waals surface area contributed by atoms with Gasteiger partial charge >= 0.3 is 5.97 Å². The third-order valence-corrected chi connectivity index (χ3v) is 8.04. The number of anilines is 2. The summed E-state index contributed by atoms with van der Waals surface area (Å²) in [5, 5.41) is 20.2. The van der Waals surface area contributed by atoms with Gasteiger partial charge in [0.15, 0.2) is 17.5 Å². The number of nitrogens with one attached hydrogen (secondary N) is 1. The topological polar surface area (TPSA) is 180 Å². The Morgan fingerprint density at radius 2 is 1.19 bits per heavy atom. The van der Waals surface area contributed by atoms with Crippen LogP contribution >= 0.6 is 0 Å². The van der Waals surface area contributed by atoms with Gasteiger partial charge in [0.2, 0.25) is 5.91 Å². The maximum absolute atomic E-state index is 12.7. The monoisotopic (exact) mass is 628 g/mol. The number of hydrogen-bond donors (Lipinski definition) is 3. The predicted octanol–water partition coefficient (Wildman–Crippen LogP) is 4.38. The Balaban J connectivity index is 0.000000136. The molecule has 4 N–H and O–H groups in total. The highest BCUT2D eigenvalue weighted by Crippen LogP contribution is 2.49. The van der Waals surface area contributed by atoms with Crippen molar-refractivity contribution in [3.8, 4) is 11.6 Å². The van der Waals surface area contributed by atoms with Gasteiger partial charge in [0.1, 0.15) is 18.5 Å². The first-order valence-corrected chi connectivity index (χ1v) is 15.0. The van der Waals surface area contributed by atoms with Gasteiger partial charge in [-0.25, -0.2) is 29.3 Å². The maximum atomic E-state index is 12.7. The first kappa shape index (κ1) is 30.8. The van der Waals surface area contributed by atoms with Crippen molar-refractivity contribution < 1.29 is 14.7 Å². The van der Waals surface area contributed by atoms with E-state index in [-0.39, 0.29) is 5.91 Å². The van der Waals surface area contributed by atoms with Crippen LogP contribution in [-0.2, 0) is 20.4 Å². The van der Waals surface area contributed by atoms with Gasteiger partial charge in [0, 0.05) is 49.1 Å². The summed E-state index contributed by atoms with van der Waals surface area (Å²) in [6.45, 7) is 0. The van der Waals surface area contributed by atoms with Gasteiger partial charge in [0.25, 0.3) is 0 Å². The highest BCUT2D eigenvalue weighted by Gasteiger charge is 2.52. The molecule has 0 unspecified atom stereocenters. The molecule has 2 aliphatic carbocycles. The molecule has 0 spiro atoms. The molecule has 0 radical (unpaired) electrons. The number of nitrogens with two attached hydrogens (primary N) is 1. The van der Waals surface area contributed by atoms with E-state index >= 15 is 0 Å². The van der Waals surface area contributed by atoms with E-state index in [2.05, 4.69) is 35.5 Å². The molecule has 2 fully saturated rings. The molecule has 13 heteroatoms. The van der Waals surface area contributed by atoms with Gasteiger partial charge in [-0.1, -0.05) is 60.7 Å². The number of aromatic nitrogens is 8. The van der Waals surface area contributed by atoms with E-state index in [9.17, 15) is 9.59 Å². The summed E-state index contributed by atoms with van der Waals surface area (Å²) in [6, 6.07) is 26.3. The Morgan fingerprint density at radius 3 is 1.64 bits per heavy atom. The van der Waals surface area contributed by atoms with Gasteiger partial charge in [0.05, 0.1) is 10.8 Å². The van der Waals surface area contributed by atoms with Gasteiger partial charge in [-0.3, -0.25) is 9.59 Å². The molecule has 4 aromatic heterocycles. The first-order valence-electron chi connectivity index (χ1n) is 15.0. The Morgan fingerprint density at radius 1 is 0.681 bits per heavy atom. The third-order valence-electron chi connectivity index (χ3n) is 8.04. The van der Waals surface area contributed by atoms with Crippen molar-refractivity contribution in [2.45, 2.75) is 36.5 Å². The molecule has 236 valence electrons. The number of benzene rings is 2. The second-order valence-electron chi connectivity index (χ2n) is 11.1. The fraction of sp³-hybridized carbons (Fsp3) is 0.176. The lowest BCUT2D eigenvalue weighted by Gasteiger charge is -2.14. The van der Waals surface area contributed by atoms with E-state index in [4.69, 9.17) is 10.8 Å². The summed E-state index contributed by atoms with van der Waals surface area (Å²) in [4.78, 5) is 39.3. The Kier molecular flexibility index (Phi) is 8.77. The molecule has 0 saturated heterocycles. The molecular weight excluding hydrogens is 596 g/mol. The van der Waals surface area contributed by atoms with Crippen LogP contribution in [0.2, 0.25) is 0 Å². The van der Waals surface area contributed by atoms with Crippen molar-refractivity contribution in [2.75, 3.05) is 11.1 Å². The Hall–Kier alpha value is -6.24. The quantitative estimate of drug-likeness (QED) is 0.230. The van der Waals surface area contributed by atoms with E-state index in [1.165, 1.54) is 12.7 Å². The van der Waals surface area contributed by atoms with E-state index in [1.807, 2.05) is 60.7 Å². The zero-order chi connectivity index (χ0) is 32.7. The molecule has 47 heavy (non-hydrogen) atoms. The normalized spacial score (nSPS) is 14.7. The molecule has 0 aliphatic heterocycles. The fourth-order valence-corrected chi connectivity index (χ4v) is 5.10. The van der Waals surface area contributed by atoms with Crippen molar-refractivity contribution in [3.63, 3.8) is 0 Å². The van der Waals surface area contributed by atoms with Crippen molar-refractivity contribution >= 4 is 23.5 Å². The fourth-order valence-electron chi connectivity index (χ4n) is 5.10. The van der Waals surface area contributed by atoms with Gasteiger partial charge < -0.3 is 16.2 Å². The summed E-state index contributed by atoms with van der Waals surface area (Å²) >= 11 is 0. The average Bonchev–Trinajstić information content (AvgIpc) is 4.03. The van der Waals surface area contributed by atoms with Crippen LogP contribution in [-0.4, -0.2) is 56.5 Å². The summed E-state index contributed by atoms with van der Waals surface area (Å²) in [5.74, 6) is 1.68. The smallest absolute Gasteiger partial charge is 0.314 e. The highest BCUT2D eigenvalue weighted by atomic mass is 16.4. The number of nitrogen functional groups attached to an aromatic ring is 1. The lowest BCUT2D eigenvalue weighted by atomic mass is 9.95. The molecule has 13 nitrogen and oxygen atoms in total. The summed E-state index contributed by atoms with van der Waals surface area (Å²) < 4.78 is 3.20. The number of carboxylic acid groups (broad SMARTS) is 1. The SMILES string of the molecule is Nc1ccn(-c2ccncn2)n1.O=C(Nc1ccn(-c2ccncn2)n1)C1(c2ccccc2)CC1.O=C(O)C1(c2ccccc2)CC1. The van der Waals surface area contributed by atoms with Crippen LogP contribution in [0.25, 0.3) is 11.6 Å². The van der Waals surface area contributed by atoms with Crippen LogP contribution in [0.3, 0.4) is 0 Å². The number of carboxylic acids is 1. The van der Waals surface area contributed by atoms with Crippen LogP contribution in [0.1, 0.15) is 36.8 Å². The van der Waals surface area contributed by atoms with E-state index in [0.29, 0.717) is 23.3 Å². The largest absolute Gasteiger partial charge is 0.481 e. The highest BCUT2D eigenvalue weighted by molar-refractivity contribution is 6.00.